The third-order valence-electron chi connectivity index (χ3n) is 4.40. The molecule has 0 radical (unpaired) electrons. The Kier molecular flexibility index (Phi) is 7.80. The Bertz CT molecular complexity index is 1270. The molecule has 0 aliphatic rings. The van der Waals surface area contributed by atoms with E-state index in [-0.39, 0.29) is 28.0 Å². The van der Waals surface area contributed by atoms with E-state index in [0.29, 0.717) is 17.0 Å². The fraction of sp³-hybridized carbons (Fsp3) is 0.136. The highest BCUT2D eigenvalue weighted by molar-refractivity contribution is 7.94. The third kappa shape index (κ3) is 6.40. The van der Waals surface area contributed by atoms with Crippen LogP contribution in [0.2, 0.25) is 0 Å². The van der Waals surface area contributed by atoms with Crippen molar-refractivity contribution in [2.45, 2.75) is 11.1 Å². The van der Waals surface area contributed by atoms with Crippen molar-refractivity contribution in [3.05, 3.63) is 77.2 Å². The molecule has 1 aromatic heterocycles. The van der Waals surface area contributed by atoms with Crippen LogP contribution in [-0.2, 0) is 14.8 Å². The van der Waals surface area contributed by atoms with E-state index in [0.717, 1.165) is 11.3 Å². The van der Waals surface area contributed by atoms with E-state index in [2.05, 4.69) is 20.6 Å². The number of amides is 2. The van der Waals surface area contributed by atoms with Crippen LogP contribution in [0.15, 0.2) is 75.4 Å². The Morgan fingerprint density at radius 3 is 2.58 bits per heavy atom. The molecule has 3 aromatic rings. The summed E-state index contributed by atoms with van der Waals surface area (Å²) in [5.41, 5.74) is 3.88. The van der Waals surface area contributed by atoms with Crippen LogP contribution in [0.5, 0.6) is 5.75 Å². The van der Waals surface area contributed by atoms with Crippen molar-refractivity contribution in [3.8, 4) is 5.75 Å². The lowest BCUT2D eigenvalue weighted by Crippen LogP contribution is -2.24. The molecule has 11 heteroatoms. The molecule has 172 valence electrons. The smallest absolute Gasteiger partial charge is 0.273 e. The van der Waals surface area contributed by atoms with E-state index in [1.54, 1.807) is 54.8 Å². The SMILES string of the molecule is CNC(=O)COc1cccc(/C(C)=N\NC(=O)c2ccccc2NS(=O)(=O)c2cccs2)c1. The molecule has 0 saturated carbocycles. The van der Waals surface area contributed by atoms with Gasteiger partial charge in [-0.25, -0.2) is 13.8 Å². The van der Waals surface area contributed by atoms with Gasteiger partial charge in [-0.3, -0.25) is 14.3 Å². The molecule has 0 fully saturated rings. The zero-order valence-electron chi connectivity index (χ0n) is 17.9. The lowest BCUT2D eigenvalue weighted by atomic mass is 10.1. The second-order valence-electron chi connectivity index (χ2n) is 6.71. The van der Waals surface area contributed by atoms with Crippen molar-refractivity contribution in [3.63, 3.8) is 0 Å². The number of nitrogens with zero attached hydrogens (tertiary/aromatic N) is 1. The van der Waals surface area contributed by atoms with Gasteiger partial charge in [-0.1, -0.05) is 30.3 Å². The van der Waals surface area contributed by atoms with Gasteiger partial charge in [-0.2, -0.15) is 5.10 Å². The van der Waals surface area contributed by atoms with Crippen LogP contribution >= 0.6 is 11.3 Å². The number of carbonyl (C=O) groups is 2. The largest absolute Gasteiger partial charge is 0.484 e. The molecule has 0 unspecified atom stereocenters. The quantitative estimate of drug-likeness (QED) is 0.317. The molecule has 2 amide bonds. The molecule has 0 spiro atoms. The van der Waals surface area contributed by atoms with Gasteiger partial charge >= 0.3 is 0 Å². The predicted molar refractivity (Wildman–Crippen MR) is 127 cm³/mol. The molecular formula is C22H22N4O5S2. The zero-order valence-corrected chi connectivity index (χ0v) is 19.5. The van der Waals surface area contributed by atoms with Crippen LogP contribution in [0, 0.1) is 0 Å². The summed E-state index contributed by atoms with van der Waals surface area (Å²) in [7, 11) is -2.29. The Hall–Kier alpha value is -3.70. The number of nitrogens with one attached hydrogen (secondary N) is 3. The molecule has 3 N–H and O–H groups in total. The highest BCUT2D eigenvalue weighted by Crippen LogP contribution is 2.23. The average molecular weight is 487 g/mol. The molecule has 0 aliphatic carbocycles. The van der Waals surface area contributed by atoms with E-state index >= 15 is 0 Å². The first-order valence-corrected chi connectivity index (χ1v) is 12.1. The monoisotopic (exact) mass is 486 g/mol. The number of hydrogen-bond acceptors (Lipinski definition) is 7. The number of benzene rings is 2. The molecular weight excluding hydrogens is 464 g/mol. The summed E-state index contributed by atoms with van der Waals surface area (Å²) in [6.45, 7) is 1.58. The lowest BCUT2D eigenvalue weighted by molar-refractivity contribution is -0.122. The van der Waals surface area contributed by atoms with Gasteiger partial charge < -0.3 is 10.1 Å². The predicted octanol–water partition coefficient (Wildman–Crippen LogP) is 2.83. The van der Waals surface area contributed by atoms with Gasteiger partial charge in [0.2, 0.25) is 0 Å². The summed E-state index contributed by atoms with van der Waals surface area (Å²) < 4.78 is 33.1. The molecule has 0 saturated heterocycles. The first kappa shape index (κ1) is 24.0. The maximum absolute atomic E-state index is 12.7. The summed E-state index contributed by atoms with van der Waals surface area (Å²) >= 11 is 1.08. The molecule has 1 heterocycles. The maximum Gasteiger partial charge on any atom is 0.273 e. The fourth-order valence-electron chi connectivity index (χ4n) is 2.67. The van der Waals surface area contributed by atoms with E-state index in [1.807, 2.05) is 0 Å². The van der Waals surface area contributed by atoms with Crippen LogP contribution in [0.1, 0.15) is 22.8 Å². The second kappa shape index (κ2) is 10.7. The van der Waals surface area contributed by atoms with E-state index in [1.165, 1.54) is 25.2 Å². The van der Waals surface area contributed by atoms with Crippen LogP contribution in [0.25, 0.3) is 0 Å². The summed E-state index contributed by atoms with van der Waals surface area (Å²) in [5, 5.41) is 8.24. The summed E-state index contributed by atoms with van der Waals surface area (Å²) in [6, 6.07) is 16.3. The number of ether oxygens (including phenoxy) is 1. The number of para-hydroxylation sites is 1. The van der Waals surface area contributed by atoms with Crippen LogP contribution in [0.3, 0.4) is 0 Å². The first-order chi connectivity index (χ1) is 15.8. The molecule has 3 rings (SSSR count). The van der Waals surface area contributed by atoms with Gasteiger partial charge in [0, 0.05) is 12.6 Å². The minimum absolute atomic E-state index is 0.120. The standard InChI is InChI=1S/C22H22N4O5S2/c1-15(16-7-5-8-17(13-16)31-14-20(27)23-2)24-25-22(28)18-9-3-4-10-19(18)26-33(29,30)21-11-6-12-32-21/h3-13,26H,14H2,1-2H3,(H,23,27)(H,25,28)/b24-15-. The first-order valence-electron chi connectivity index (χ1n) is 9.74. The normalized spacial score (nSPS) is 11.5. The lowest BCUT2D eigenvalue weighted by Gasteiger charge is -2.11. The Morgan fingerprint density at radius 1 is 1.06 bits per heavy atom. The molecule has 9 nitrogen and oxygen atoms in total. The highest BCUT2D eigenvalue weighted by Gasteiger charge is 2.19. The van der Waals surface area contributed by atoms with E-state index < -0.39 is 15.9 Å². The minimum Gasteiger partial charge on any atom is -0.484 e. The van der Waals surface area contributed by atoms with E-state index in [9.17, 15) is 18.0 Å². The number of carbonyl (C=O) groups excluding carboxylic acids is 2. The number of sulfonamides is 1. The van der Waals surface area contributed by atoms with Gasteiger partial charge in [0.25, 0.3) is 21.8 Å². The molecule has 33 heavy (non-hydrogen) atoms. The highest BCUT2D eigenvalue weighted by atomic mass is 32.2. The van der Waals surface area contributed by atoms with Gasteiger partial charge in [0.05, 0.1) is 17.0 Å². The number of likely N-dealkylation sites (N-methyl/N-ethyl adjacent to an activating group) is 1. The topological polar surface area (TPSA) is 126 Å². The number of hydrazone groups is 1. The zero-order chi connectivity index (χ0) is 23.8. The number of thiophene rings is 1. The van der Waals surface area contributed by atoms with Crippen LogP contribution in [0.4, 0.5) is 5.69 Å². The Balaban J connectivity index is 1.73. The number of rotatable bonds is 9. The fourth-order valence-corrected chi connectivity index (χ4v) is 4.75. The van der Waals surface area contributed by atoms with Gasteiger partial charge in [0.1, 0.15) is 9.96 Å². The Morgan fingerprint density at radius 2 is 1.85 bits per heavy atom. The van der Waals surface area contributed by atoms with Crippen LogP contribution in [-0.4, -0.2) is 39.6 Å². The van der Waals surface area contributed by atoms with Crippen molar-refractivity contribution in [2.75, 3.05) is 18.4 Å². The summed E-state index contributed by atoms with van der Waals surface area (Å²) in [6.07, 6.45) is 0. The Labute approximate surface area is 195 Å². The van der Waals surface area contributed by atoms with Gasteiger partial charge in [0.15, 0.2) is 6.61 Å². The third-order valence-corrected chi connectivity index (χ3v) is 7.16. The van der Waals surface area contributed by atoms with E-state index in [4.69, 9.17) is 4.74 Å². The minimum atomic E-state index is -3.81. The van der Waals surface area contributed by atoms with Crippen molar-refractivity contribution < 1.29 is 22.7 Å². The van der Waals surface area contributed by atoms with Gasteiger partial charge in [-0.05, 0) is 42.6 Å². The van der Waals surface area contributed by atoms with Crippen molar-refractivity contribution in [1.29, 1.82) is 0 Å². The molecule has 0 atom stereocenters. The van der Waals surface area contributed by atoms with Gasteiger partial charge in [-0.15, -0.1) is 11.3 Å². The maximum atomic E-state index is 12.7. The molecule has 0 bridgehead atoms. The van der Waals surface area contributed by atoms with Crippen LogP contribution < -0.4 is 20.2 Å². The second-order valence-corrected chi connectivity index (χ2v) is 9.57. The average Bonchev–Trinajstić information content (AvgIpc) is 3.37. The summed E-state index contributed by atoms with van der Waals surface area (Å²) in [4.78, 5) is 24.1. The number of hydrogen-bond donors (Lipinski definition) is 3. The molecule has 2 aromatic carbocycles. The number of anilines is 1. The van der Waals surface area contributed by atoms with Crippen molar-refractivity contribution in [1.82, 2.24) is 10.7 Å². The van der Waals surface area contributed by atoms with Crippen molar-refractivity contribution >= 4 is 44.6 Å². The van der Waals surface area contributed by atoms with Crippen molar-refractivity contribution in [2.24, 2.45) is 5.10 Å². The summed E-state index contributed by atoms with van der Waals surface area (Å²) in [5.74, 6) is -0.359. The molecule has 0 aliphatic heterocycles.